The summed E-state index contributed by atoms with van der Waals surface area (Å²) in [5.74, 6) is 0.280. The fourth-order valence-corrected chi connectivity index (χ4v) is 6.30. The van der Waals surface area contributed by atoms with Gasteiger partial charge < -0.3 is 25.3 Å². The van der Waals surface area contributed by atoms with E-state index in [-0.39, 0.29) is 17.9 Å². The van der Waals surface area contributed by atoms with Crippen molar-refractivity contribution in [3.63, 3.8) is 0 Å². The van der Waals surface area contributed by atoms with E-state index in [1.165, 1.54) is 22.2 Å². The number of carbonyl (C=O) groups excluding carboxylic acids is 2. The maximum atomic E-state index is 13.4. The van der Waals surface area contributed by atoms with Gasteiger partial charge in [0.2, 0.25) is 5.91 Å². The average Bonchev–Trinajstić information content (AvgIpc) is 3.30. The SMILES string of the molecule is COCCCn1c(C2CCCN(C(=O)C[C@H](N)Cc3ccc(NC(=O)c4ccccc4)cc3)C2)c(C)c2ccccc21. The number of likely N-dealkylation sites (tertiary alicyclic amines) is 1. The normalized spacial score (nSPS) is 16.0. The Kier molecular flexibility index (Phi) is 9.72. The summed E-state index contributed by atoms with van der Waals surface area (Å²) in [5.41, 5.74) is 12.8. The lowest BCUT2D eigenvalue weighted by Crippen LogP contribution is -2.42. The smallest absolute Gasteiger partial charge is 0.255 e. The number of nitrogens with two attached hydrogens (primary N) is 1. The molecule has 3 N–H and O–H groups in total. The van der Waals surface area contributed by atoms with Crippen LogP contribution in [0.15, 0.2) is 78.9 Å². The number of nitrogens with one attached hydrogen (secondary N) is 1. The number of anilines is 1. The quantitative estimate of drug-likeness (QED) is 0.221. The van der Waals surface area contributed by atoms with Crippen LogP contribution < -0.4 is 11.1 Å². The van der Waals surface area contributed by atoms with E-state index in [0.717, 1.165) is 56.8 Å². The van der Waals surface area contributed by atoms with Crippen molar-refractivity contribution in [3.05, 3.63) is 101 Å². The molecule has 0 aliphatic carbocycles. The molecule has 1 aliphatic rings. The van der Waals surface area contributed by atoms with Crippen LogP contribution in [0.4, 0.5) is 5.69 Å². The van der Waals surface area contributed by atoms with Gasteiger partial charge in [0.05, 0.1) is 0 Å². The van der Waals surface area contributed by atoms with Crippen LogP contribution in [0.2, 0.25) is 0 Å². The van der Waals surface area contributed by atoms with Gasteiger partial charge in [-0.05, 0) is 74.1 Å². The van der Waals surface area contributed by atoms with Gasteiger partial charge in [-0.1, -0.05) is 48.5 Å². The fourth-order valence-electron chi connectivity index (χ4n) is 6.30. The monoisotopic (exact) mass is 566 g/mol. The number of rotatable bonds is 11. The Labute approximate surface area is 248 Å². The Bertz CT molecular complexity index is 1500. The first-order valence-corrected chi connectivity index (χ1v) is 15.0. The molecule has 5 rings (SSSR count). The highest BCUT2D eigenvalue weighted by Crippen LogP contribution is 2.36. The molecular weight excluding hydrogens is 524 g/mol. The van der Waals surface area contributed by atoms with Gasteiger partial charge in [-0.3, -0.25) is 9.59 Å². The zero-order valence-electron chi connectivity index (χ0n) is 24.7. The maximum Gasteiger partial charge on any atom is 0.255 e. The molecule has 7 nitrogen and oxygen atoms in total. The zero-order chi connectivity index (χ0) is 29.5. The number of carbonyl (C=O) groups is 2. The molecule has 0 spiro atoms. The number of ether oxygens (including phenoxy) is 1. The first kappa shape index (κ1) is 29.5. The van der Waals surface area contributed by atoms with Crippen LogP contribution >= 0.6 is 0 Å². The molecule has 1 fully saturated rings. The van der Waals surface area contributed by atoms with Gasteiger partial charge in [0.15, 0.2) is 0 Å². The first-order chi connectivity index (χ1) is 20.4. The number of piperidine rings is 1. The molecule has 4 aromatic rings. The maximum absolute atomic E-state index is 13.4. The van der Waals surface area contributed by atoms with E-state index in [0.29, 0.717) is 24.3 Å². The number of hydrogen-bond donors (Lipinski definition) is 2. The largest absolute Gasteiger partial charge is 0.385 e. The molecule has 0 bridgehead atoms. The van der Waals surface area contributed by atoms with E-state index in [4.69, 9.17) is 10.5 Å². The van der Waals surface area contributed by atoms with Gasteiger partial charge in [-0.2, -0.15) is 0 Å². The molecular formula is C35H42N4O3. The fraction of sp³-hybridized carbons (Fsp3) is 0.371. The standard InChI is InChI=1S/C35H42N4O3/c1-25-31-13-6-7-14-32(31)39(20-9-21-42-2)34(25)28-12-8-19-38(24-28)33(40)23-29(36)22-26-15-17-30(18-16-26)37-35(41)27-10-4-3-5-11-27/h3-7,10-11,13-18,28-29H,8-9,12,19-24,36H2,1-2H3,(H,37,41)/t28?,29-/m1/s1. The van der Waals surface area contributed by atoms with Crippen LogP contribution in [0.5, 0.6) is 0 Å². The van der Waals surface area contributed by atoms with Crippen molar-refractivity contribution in [2.75, 3.05) is 32.1 Å². The molecule has 0 saturated carbocycles. The highest BCUT2D eigenvalue weighted by Gasteiger charge is 2.29. The molecule has 1 aliphatic heterocycles. The minimum Gasteiger partial charge on any atom is -0.385 e. The summed E-state index contributed by atoms with van der Waals surface area (Å²) in [6, 6.07) is 25.2. The lowest BCUT2D eigenvalue weighted by molar-refractivity contribution is -0.132. The van der Waals surface area contributed by atoms with Crippen molar-refractivity contribution in [1.82, 2.24) is 9.47 Å². The molecule has 1 aromatic heterocycles. The Morgan fingerprint density at radius 1 is 1.02 bits per heavy atom. The number of para-hydroxylation sites is 1. The van der Waals surface area contributed by atoms with Crippen molar-refractivity contribution in [1.29, 1.82) is 0 Å². The molecule has 1 unspecified atom stereocenters. The van der Waals surface area contributed by atoms with Gasteiger partial charge in [-0.25, -0.2) is 0 Å². The van der Waals surface area contributed by atoms with Crippen LogP contribution in [-0.4, -0.2) is 54.1 Å². The van der Waals surface area contributed by atoms with E-state index in [2.05, 4.69) is 41.1 Å². The lowest BCUT2D eigenvalue weighted by atomic mass is 9.91. The minimum atomic E-state index is -0.273. The summed E-state index contributed by atoms with van der Waals surface area (Å²) in [6.07, 6.45) is 3.93. The Hall–Kier alpha value is -3.94. The van der Waals surface area contributed by atoms with Crippen LogP contribution in [0.3, 0.4) is 0 Å². The Balaban J connectivity index is 1.19. The number of fused-ring (bicyclic) bond motifs is 1. The van der Waals surface area contributed by atoms with Gasteiger partial charge in [-0.15, -0.1) is 0 Å². The van der Waals surface area contributed by atoms with Crippen molar-refractivity contribution in [3.8, 4) is 0 Å². The van der Waals surface area contributed by atoms with Gasteiger partial charge >= 0.3 is 0 Å². The molecule has 2 atom stereocenters. The second-order valence-corrected chi connectivity index (χ2v) is 11.4. The van der Waals surface area contributed by atoms with E-state index in [1.54, 1.807) is 19.2 Å². The number of aryl methyl sites for hydroxylation is 2. The van der Waals surface area contributed by atoms with E-state index in [9.17, 15) is 9.59 Å². The summed E-state index contributed by atoms with van der Waals surface area (Å²) in [7, 11) is 1.75. The molecule has 42 heavy (non-hydrogen) atoms. The van der Waals surface area contributed by atoms with E-state index in [1.807, 2.05) is 47.4 Å². The van der Waals surface area contributed by atoms with E-state index < -0.39 is 0 Å². The predicted octanol–water partition coefficient (Wildman–Crippen LogP) is 5.90. The van der Waals surface area contributed by atoms with Gasteiger partial charge in [0, 0.05) is 79.6 Å². The third-order valence-electron chi connectivity index (χ3n) is 8.35. The third kappa shape index (κ3) is 6.92. The van der Waals surface area contributed by atoms with Gasteiger partial charge in [0.1, 0.15) is 0 Å². The number of amides is 2. The minimum absolute atomic E-state index is 0.124. The number of benzene rings is 3. The van der Waals surface area contributed by atoms with Crippen molar-refractivity contribution >= 4 is 28.4 Å². The number of methoxy groups -OCH3 is 1. The summed E-state index contributed by atoms with van der Waals surface area (Å²) in [5, 5.41) is 4.22. The molecule has 2 heterocycles. The van der Waals surface area contributed by atoms with Crippen LogP contribution in [0.25, 0.3) is 10.9 Å². The second kappa shape index (κ2) is 13.8. The predicted molar refractivity (Wildman–Crippen MR) is 169 cm³/mol. The number of hydrogen-bond acceptors (Lipinski definition) is 4. The third-order valence-corrected chi connectivity index (χ3v) is 8.35. The van der Waals surface area contributed by atoms with Crippen LogP contribution in [0, 0.1) is 6.92 Å². The number of nitrogens with zero attached hydrogens (tertiary/aromatic N) is 2. The zero-order valence-corrected chi connectivity index (χ0v) is 24.7. The average molecular weight is 567 g/mol. The lowest BCUT2D eigenvalue weighted by Gasteiger charge is -2.34. The van der Waals surface area contributed by atoms with E-state index >= 15 is 0 Å². The summed E-state index contributed by atoms with van der Waals surface area (Å²) in [6.45, 7) is 5.36. The first-order valence-electron chi connectivity index (χ1n) is 15.0. The Morgan fingerprint density at radius 2 is 1.76 bits per heavy atom. The van der Waals surface area contributed by atoms with Crippen LogP contribution in [-0.2, 0) is 22.5 Å². The Morgan fingerprint density at radius 3 is 2.52 bits per heavy atom. The van der Waals surface area contributed by atoms with Gasteiger partial charge in [0.25, 0.3) is 5.91 Å². The van der Waals surface area contributed by atoms with Crippen LogP contribution in [0.1, 0.15) is 58.8 Å². The van der Waals surface area contributed by atoms with Crippen molar-refractivity contribution in [2.45, 2.75) is 57.5 Å². The molecule has 7 heteroatoms. The summed E-state index contributed by atoms with van der Waals surface area (Å²) >= 11 is 0. The molecule has 2 amide bonds. The van der Waals surface area contributed by atoms with Crippen molar-refractivity contribution in [2.24, 2.45) is 5.73 Å². The topological polar surface area (TPSA) is 89.6 Å². The second-order valence-electron chi connectivity index (χ2n) is 11.4. The summed E-state index contributed by atoms with van der Waals surface area (Å²) in [4.78, 5) is 27.9. The molecule has 220 valence electrons. The number of aromatic nitrogens is 1. The molecule has 0 radical (unpaired) electrons. The molecule has 1 saturated heterocycles. The highest BCUT2D eigenvalue weighted by molar-refractivity contribution is 6.04. The van der Waals surface area contributed by atoms with Crippen molar-refractivity contribution < 1.29 is 14.3 Å². The molecule has 3 aromatic carbocycles. The summed E-state index contributed by atoms with van der Waals surface area (Å²) < 4.78 is 7.80. The highest BCUT2D eigenvalue weighted by atomic mass is 16.5.